The molecule has 1 N–H and O–H groups in total. The number of likely N-dealkylation sites (tertiary alicyclic amines) is 1. The van der Waals surface area contributed by atoms with Gasteiger partial charge in [0.2, 0.25) is 0 Å². The average Bonchev–Trinajstić information content (AvgIpc) is 1.78. The number of aliphatic hydroxyl groups is 1. The second-order valence-corrected chi connectivity index (χ2v) is 3.61. The first-order chi connectivity index (χ1) is 4.10. The molecule has 0 aromatic heterocycles. The largest absolute Gasteiger partial charge is 1.00 e. The lowest BCUT2D eigenvalue weighted by Gasteiger charge is -2.35. The van der Waals surface area contributed by atoms with Crippen LogP contribution in [0.15, 0.2) is 0 Å². The summed E-state index contributed by atoms with van der Waals surface area (Å²) in [7, 11) is 4.43. The van der Waals surface area contributed by atoms with E-state index in [-0.39, 0.29) is 18.5 Å². The van der Waals surface area contributed by atoms with Crippen molar-refractivity contribution in [3.63, 3.8) is 0 Å². The zero-order chi connectivity index (χ0) is 6.91. The molecule has 0 spiro atoms. The molecule has 1 rings (SSSR count). The Kier molecular flexibility index (Phi) is 3.63. The van der Waals surface area contributed by atoms with Gasteiger partial charge in [0.05, 0.1) is 33.3 Å². The molecule has 0 bridgehead atoms. The number of quaternary nitrogens is 1. The third-order valence-electron chi connectivity index (χ3n) is 2.14. The lowest BCUT2D eigenvalue weighted by Crippen LogP contribution is -3.00. The zero-order valence-corrected chi connectivity index (χ0v) is 7.43. The number of hydrogen-bond acceptors (Lipinski definition) is 1. The third kappa shape index (κ3) is 2.86. The number of nitrogens with zero attached hydrogens (tertiary/aromatic N) is 1. The maximum atomic E-state index is 9.13. The quantitative estimate of drug-likeness (QED) is 0.385. The second-order valence-electron chi connectivity index (χ2n) is 3.61. The van der Waals surface area contributed by atoms with Gasteiger partial charge in [0, 0.05) is 12.8 Å². The van der Waals surface area contributed by atoms with E-state index in [1.807, 2.05) is 0 Å². The summed E-state index contributed by atoms with van der Waals surface area (Å²) in [5.41, 5.74) is 0. The summed E-state index contributed by atoms with van der Waals surface area (Å²) in [6, 6.07) is 0. The molecular formula is C7H16ClNO. The van der Waals surface area contributed by atoms with Gasteiger partial charge in [0.15, 0.2) is 0 Å². The first kappa shape index (κ1) is 10.2. The molecule has 1 aliphatic rings. The highest BCUT2D eigenvalue weighted by atomic mass is 35.5. The van der Waals surface area contributed by atoms with E-state index in [1.54, 1.807) is 0 Å². The average molecular weight is 166 g/mol. The molecular weight excluding hydrogens is 150 g/mol. The number of hydrogen-bond donors (Lipinski definition) is 1. The Morgan fingerprint density at radius 1 is 1.20 bits per heavy atom. The summed E-state index contributed by atoms with van der Waals surface area (Å²) in [5, 5.41) is 9.13. The van der Waals surface area contributed by atoms with Crippen molar-refractivity contribution >= 4 is 0 Å². The van der Waals surface area contributed by atoms with Crippen molar-refractivity contribution in [2.75, 3.05) is 27.2 Å². The first-order valence-electron chi connectivity index (χ1n) is 3.60. The van der Waals surface area contributed by atoms with Crippen LogP contribution in [0.5, 0.6) is 0 Å². The van der Waals surface area contributed by atoms with Crippen molar-refractivity contribution in [2.24, 2.45) is 0 Å². The SMILES string of the molecule is C[N+]1(C)CCC(O)CC1.[Cl-]. The zero-order valence-electron chi connectivity index (χ0n) is 6.68. The van der Waals surface area contributed by atoms with Gasteiger partial charge < -0.3 is 22.0 Å². The highest BCUT2D eigenvalue weighted by Gasteiger charge is 2.23. The predicted molar refractivity (Wildman–Crippen MR) is 37.1 cm³/mol. The van der Waals surface area contributed by atoms with Crippen LogP contribution in [0.4, 0.5) is 0 Å². The van der Waals surface area contributed by atoms with E-state index in [2.05, 4.69) is 14.1 Å². The Morgan fingerprint density at radius 3 is 1.90 bits per heavy atom. The van der Waals surface area contributed by atoms with Crippen molar-refractivity contribution in [3.05, 3.63) is 0 Å². The van der Waals surface area contributed by atoms with Gasteiger partial charge in [0.1, 0.15) is 0 Å². The minimum absolute atomic E-state index is 0. The highest BCUT2D eigenvalue weighted by Crippen LogP contribution is 2.13. The second kappa shape index (κ2) is 3.56. The third-order valence-corrected chi connectivity index (χ3v) is 2.14. The Labute approximate surface area is 68.8 Å². The van der Waals surface area contributed by atoms with Crippen LogP contribution in [-0.2, 0) is 0 Å². The summed E-state index contributed by atoms with van der Waals surface area (Å²) in [6.07, 6.45) is 1.94. The van der Waals surface area contributed by atoms with Crippen molar-refractivity contribution in [3.8, 4) is 0 Å². The topological polar surface area (TPSA) is 20.2 Å². The van der Waals surface area contributed by atoms with E-state index in [0.29, 0.717) is 0 Å². The van der Waals surface area contributed by atoms with Crippen molar-refractivity contribution in [2.45, 2.75) is 18.9 Å². The van der Waals surface area contributed by atoms with E-state index in [9.17, 15) is 0 Å². The van der Waals surface area contributed by atoms with E-state index < -0.39 is 0 Å². The van der Waals surface area contributed by atoms with Crippen molar-refractivity contribution in [1.82, 2.24) is 0 Å². The lowest BCUT2D eigenvalue weighted by atomic mass is 10.1. The van der Waals surface area contributed by atoms with E-state index in [1.165, 1.54) is 0 Å². The fraction of sp³-hybridized carbons (Fsp3) is 1.00. The van der Waals surface area contributed by atoms with Crippen LogP contribution in [0.3, 0.4) is 0 Å². The Bertz CT molecular complexity index is 95.8. The van der Waals surface area contributed by atoms with Crippen LogP contribution in [0.1, 0.15) is 12.8 Å². The Balaban J connectivity index is 0.000000810. The normalized spacial score (nSPS) is 25.5. The number of rotatable bonds is 0. The molecule has 0 aromatic carbocycles. The molecule has 3 heteroatoms. The van der Waals surface area contributed by atoms with Gasteiger partial charge >= 0.3 is 0 Å². The standard InChI is InChI=1S/C7H16NO.ClH/c1-8(2)5-3-7(9)4-6-8;/h7,9H,3-6H2,1-2H3;1H/q+1;/p-1. The molecule has 0 saturated carbocycles. The summed E-state index contributed by atoms with van der Waals surface area (Å²) < 4.78 is 1.08. The summed E-state index contributed by atoms with van der Waals surface area (Å²) >= 11 is 0. The van der Waals surface area contributed by atoms with Gasteiger partial charge in [-0.2, -0.15) is 0 Å². The van der Waals surface area contributed by atoms with Crippen LogP contribution in [-0.4, -0.2) is 42.9 Å². The number of halogens is 1. The van der Waals surface area contributed by atoms with E-state index in [0.717, 1.165) is 30.4 Å². The molecule has 0 aromatic rings. The Hall–Kier alpha value is 0.210. The smallest absolute Gasteiger partial charge is 0.0807 e. The highest BCUT2D eigenvalue weighted by molar-refractivity contribution is 4.59. The molecule has 1 aliphatic heterocycles. The minimum atomic E-state index is -0.0175. The lowest BCUT2D eigenvalue weighted by molar-refractivity contribution is -0.896. The molecule has 10 heavy (non-hydrogen) atoms. The molecule has 62 valence electrons. The fourth-order valence-corrected chi connectivity index (χ4v) is 1.25. The molecule has 0 radical (unpaired) electrons. The van der Waals surface area contributed by atoms with Gasteiger partial charge in [0.25, 0.3) is 0 Å². The van der Waals surface area contributed by atoms with Gasteiger partial charge in [-0.3, -0.25) is 0 Å². The molecule has 1 heterocycles. The molecule has 1 saturated heterocycles. The van der Waals surface area contributed by atoms with Crippen LogP contribution in [0.2, 0.25) is 0 Å². The maximum absolute atomic E-state index is 9.13. The summed E-state index contributed by atoms with van der Waals surface area (Å²) in [4.78, 5) is 0. The van der Waals surface area contributed by atoms with Crippen LogP contribution in [0, 0.1) is 0 Å². The van der Waals surface area contributed by atoms with Crippen molar-refractivity contribution in [1.29, 1.82) is 0 Å². The molecule has 0 atom stereocenters. The van der Waals surface area contributed by atoms with E-state index >= 15 is 0 Å². The van der Waals surface area contributed by atoms with Gasteiger partial charge in [-0.05, 0) is 0 Å². The van der Waals surface area contributed by atoms with Gasteiger partial charge in [-0.1, -0.05) is 0 Å². The van der Waals surface area contributed by atoms with Crippen LogP contribution < -0.4 is 12.4 Å². The summed E-state index contributed by atoms with van der Waals surface area (Å²) in [5.74, 6) is 0. The minimum Gasteiger partial charge on any atom is -1.00 e. The molecule has 0 amide bonds. The van der Waals surface area contributed by atoms with Gasteiger partial charge in [-0.25, -0.2) is 0 Å². The first-order valence-corrected chi connectivity index (χ1v) is 3.60. The summed E-state index contributed by atoms with van der Waals surface area (Å²) in [6.45, 7) is 2.25. The number of piperidine rings is 1. The molecule has 1 fully saturated rings. The molecule has 0 unspecified atom stereocenters. The Morgan fingerprint density at radius 2 is 1.60 bits per heavy atom. The van der Waals surface area contributed by atoms with Crippen LogP contribution in [0.25, 0.3) is 0 Å². The van der Waals surface area contributed by atoms with Crippen molar-refractivity contribution < 1.29 is 22.0 Å². The maximum Gasteiger partial charge on any atom is 0.0807 e. The number of aliphatic hydroxyl groups excluding tert-OH is 1. The monoisotopic (exact) mass is 165 g/mol. The van der Waals surface area contributed by atoms with Gasteiger partial charge in [-0.15, -0.1) is 0 Å². The molecule has 0 aliphatic carbocycles. The van der Waals surface area contributed by atoms with E-state index in [4.69, 9.17) is 5.11 Å². The van der Waals surface area contributed by atoms with Crippen LogP contribution >= 0.6 is 0 Å². The predicted octanol–water partition coefficient (Wildman–Crippen LogP) is -2.78. The fourth-order valence-electron chi connectivity index (χ4n) is 1.25. The molecule has 2 nitrogen and oxygen atoms in total.